The number of ether oxygens (including phenoxy) is 2. The SMILES string of the molecule is COc1cccc(F)c1Cc1cc2cc(N3CCOCC3)ccc2nc1N. The van der Waals surface area contributed by atoms with Crippen LogP contribution in [0.3, 0.4) is 0 Å². The highest BCUT2D eigenvalue weighted by Crippen LogP contribution is 2.29. The van der Waals surface area contributed by atoms with Crippen molar-refractivity contribution < 1.29 is 13.9 Å². The number of rotatable bonds is 4. The number of fused-ring (bicyclic) bond motifs is 1. The molecule has 1 aromatic heterocycles. The number of morpholine rings is 1. The van der Waals surface area contributed by atoms with E-state index in [-0.39, 0.29) is 5.82 Å². The zero-order valence-electron chi connectivity index (χ0n) is 15.2. The van der Waals surface area contributed by atoms with Crippen molar-refractivity contribution in [2.75, 3.05) is 44.0 Å². The smallest absolute Gasteiger partial charge is 0.130 e. The maximum atomic E-state index is 14.3. The molecule has 0 amide bonds. The molecule has 2 heterocycles. The van der Waals surface area contributed by atoms with Crippen LogP contribution < -0.4 is 15.4 Å². The normalized spacial score (nSPS) is 14.5. The Morgan fingerprint density at radius 1 is 1.19 bits per heavy atom. The van der Waals surface area contributed by atoms with Crippen LogP contribution in [0.2, 0.25) is 0 Å². The van der Waals surface area contributed by atoms with Gasteiger partial charge >= 0.3 is 0 Å². The molecule has 0 bridgehead atoms. The van der Waals surface area contributed by atoms with Gasteiger partial charge in [-0.2, -0.15) is 0 Å². The van der Waals surface area contributed by atoms with Crippen molar-refractivity contribution in [2.45, 2.75) is 6.42 Å². The Bertz CT molecular complexity index is 971. The molecule has 0 spiro atoms. The Labute approximate surface area is 157 Å². The van der Waals surface area contributed by atoms with Crippen molar-refractivity contribution in [3.63, 3.8) is 0 Å². The Morgan fingerprint density at radius 2 is 2.00 bits per heavy atom. The van der Waals surface area contributed by atoms with Crippen LogP contribution in [-0.4, -0.2) is 38.4 Å². The van der Waals surface area contributed by atoms with Crippen molar-refractivity contribution in [1.82, 2.24) is 4.98 Å². The highest BCUT2D eigenvalue weighted by atomic mass is 19.1. The third-order valence-corrected chi connectivity index (χ3v) is 4.95. The van der Waals surface area contributed by atoms with Crippen LogP contribution in [0.15, 0.2) is 42.5 Å². The molecule has 0 atom stereocenters. The standard InChI is InChI=1S/C21H22FN3O2/c1-26-20-4-2-3-18(22)17(20)13-15-11-14-12-16(25-7-9-27-10-8-25)5-6-19(14)24-21(15)23/h2-6,11-12H,7-10,13H2,1H3,(H2,23,24). The first-order valence-corrected chi connectivity index (χ1v) is 8.99. The number of nitrogens with zero attached hydrogens (tertiary/aromatic N) is 2. The monoisotopic (exact) mass is 367 g/mol. The molecule has 3 aromatic rings. The number of hydrogen-bond donors (Lipinski definition) is 1. The average Bonchev–Trinajstić information content (AvgIpc) is 2.70. The van der Waals surface area contributed by atoms with Gasteiger partial charge in [-0.15, -0.1) is 0 Å². The van der Waals surface area contributed by atoms with Gasteiger partial charge in [0, 0.05) is 36.1 Å². The van der Waals surface area contributed by atoms with Gasteiger partial charge in [-0.05, 0) is 42.0 Å². The number of pyridine rings is 1. The number of halogens is 1. The molecule has 0 saturated carbocycles. The van der Waals surface area contributed by atoms with Gasteiger partial charge in [0.1, 0.15) is 17.4 Å². The van der Waals surface area contributed by atoms with Crippen molar-refractivity contribution in [1.29, 1.82) is 0 Å². The van der Waals surface area contributed by atoms with Crippen molar-refractivity contribution in [3.8, 4) is 5.75 Å². The molecular weight excluding hydrogens is 345 g/mol. The Hall–Kier alpha value is -2.86. The summed E-state index contributed by atoms with van der Waals surface area (Å²) in [7, 11) is 1.54. The quantitative estimate of drug-likeness (QED) is 0.766. The Morgan fingerprint density at radius 3 is 2.78 bits per heavy atom. The fourth-order valence-electron chi connectivity index (χ4n) is 3.47. The third kappa shape index (κ3) is 3.53. The lowest BCUT2D eigenvalue weighted by Crippen LogP contribution is -2.36. The average molecular weight is 367 g/mol. The summed E-state index contributed by atoms with van der Waals surface area (Å²) in [5.41, 5.74) is 9.38. The topological polar surface area (TPSA) is 60.6 Å². The minimum atomic E-state index is -0.309. The molecule has 5 nitrogen and oxygen atoms in total. The molecule has 4 rings (SSSR count). The maximum Gasteiger partial charge on any atom is 0.130 e. The molecule has 2 aromatic carbocycles. The third-order valence-electron chi connectivity index (χ3n) is 4.95. The van der Waals surface area contributed by atoms with Gasteiger partial charge in [0.05, 0.1) is 25.8 Å². The summed E-state index contributed by atoms with van der Waals surface area (Å²) in [6.45, 7) is 3.20. The molecular formula is C21H22FN3O2. The minimum Gasteiger partial charge on any atom is -0.496 e. The summed E-state index contributed by atoms with van der Waals surface area (Å²) in [6.07, 6.45) is 0.326. The van der Waals surface area contributed by atoms with E-state index in [1.54, 1.807) is 12.1 Å². The summed E-state index contributed by atoms with van der Waals surface area (Å²) in [5.74, 6) is 0.611. The first kappa shape index (κ1) is 17.5. The number of aromatic nitrogens is 1. The van der Waals surface area contributed by atoms with Gasteiger partial charge in [0.15, 0.2) is 0 Å². The van der Waals surface area contributed by atoms with Crippen LogP contribution in [0, 0.1) is 5.82 Å². The number of nitrogens with two attached hydrogens (primary N) is 1. The van der Waals surface area contributed by atoms with E-state index in [2.05, 4.69) is 22.0 Å². The molecule has 140 valence electrons. The van der Waals surface area contributed by atoms with Crippen molar-refractivity contribution in [3.05, 3.63) is 59.4 Å². The highest BCUT2D eigenvalue weighted by molar-refractivity contribution is 5.85. The maximum absolute atomic E-state index is 14.3. The molecule has 2 N–H and O–H groups in total. The summed E-state index contributed by atoms with van der Waals surface area (Å²) >= 11 is 0. The van der Waals surface area contributed by atoms with E-state index in [0.717, 1.165) is 48.5 Å². The van der Waals surface area contributed by atoms with Crippen LogP contribution in [0.5, 0.6) is 5.75 Å². The molecule has 1 aliphatic heterocycles. The van der Waals surface area contributed by atoms with Crippen LogP contribution in [-0.2, 0) is 11.2 Å². The van der Waals surface area contributed by atoms with E-state index in [1.807, 2.05) is 12.1 Å². The van der Waals surface area contributed by atoms with Gasteiger partial charge < -0.3 is 20.1 Å². The van der Waals surface area contributed by atoms with Crippen molar-refractivity contribution in [2.24, 2.45) is 0 Å². The van der Waals surface area contributed by atoms with Gasteiger partial charge in [-0.3, -0.25) is 0 Å². The summed E-state index contributed by atoms with van der Waals surface area (Å²) in [6, 6.07) is 12.9. The zero-order chi connectivity index (χ0) is 18.8. The molecule has 6 heteroatoms. The molecule has 0 unspecified atom stereocenters. The molecule has 0 radical (unpaired) electrons. The van der Waals surface area contributed by atoms with Gasteiger partial charge in [0.2, 0.25) is 0 Å². The predicted octanol–water partition coefficient (Wildman–Crippen LogP) is 3.39. The summed E-state index contributed by atoms with van der Waals surface area (Å²) in [5, 5.41) is 0.985. The minimum absolute atomic E-state index is 0.309. The van der Waals surface area contributed by atoms with Gasteiger partial charge in [0.25, 0.3) is 0 Å². The van der Waals surface area contributed by atoms with E-state index in [9.17, 15) is 4.39 Å². The van der Waals surface area contributed by atoms with E-state index in [1.165, 1.54) is 13.2 Å². The molecule has 27 heavy (non-hydrogen) atoms. The second-order valence-corrected chi connectivity index (χ2v) is 6.61. The second kappa shape index (κ2) is 7.40. The molecule has 1 aliphatic rings. The fourth-order valence-corrected chi connectivity index (χ4v) is 3.47. The predicted molar refractivity (Wildman–Crippen MR) is 105 cm³/mol. The van der Waals surface area contributed by atoms with E-state index >= 15 is 0 Å². The number of benzene rings is 2. The lowest BCUT2D eigenvalue weighted by Gasteiger charge is -2.29. The van der Waals surface area contributed by atoms with E-state index in [4.69, 9.17) is 15.2 Å². The van der Waals surface area contributed by atoms with E-state index in [0.29, 0.717) is 23.6 Å². The lowest BCUT2D eigenvalue weighted by molar-refractivity contribution is 0.122. The van der Waals surface area contributed by atoms with Crippen LogP contribution in [0.4, 0.5) is 15.9 Å². The van der Waals surface area contributed by atoms with Crippen molar-refractivity contribution >= 4 is 22.4 Å². The number of methoxy groups -OCH3 is 1. The van der Waals surface area contributed by atoms with Crippen LogP contribution in [0.25, 0.3) is 10.9 Å². The zero-order valence-corrected chi connectivity index (χ0v) is 15.2. The van der Waals surface area contributed by atoms with Crippen LogP contribution >= 0.6 is 0 Å². The number of nitrogen functional groups attached to an aromatic ring is 1. The van der Waals surface area contributed by atoms with Gasteiger partial charge in [-0.25, -0.2) is 9.37 Å². The first-order chi connectivity index (χ1) is 13.2. The largest absolute Gasteiger partial charge is 0.496 e. The Kier molecular flexibility index (Phi) is 4.81. The van der Waals surface area contributed by atoms with Crippen LogP contribution in [0.1, 0.15) is 11.1 Å². The molecule has 0 aliphatic carbocycles. The fraction of sp³-hybridized carbons (Fsp3) is 0.286. The molecule has 1 saturated heterocycles. The van der Waals surface area contributed by atoms with E-state index < -0.39 is 0 Å². The molecule has 1 fully saturated rings. The second-order valence-electron chi connectivity index (χ2n) is 6.61. The number of anilines is 2. The highest BCUT2D eigenvalue weighted by Gasteiger charge is 2.15. The Balaban J connectivity index is 1.72. The summed E-state index contributed by atoms with van der Waals surface area (Å²) < 4.78 is 25.0. The number of hydrogen-bond acceptors (Lipinski definition) is 5. The first-order valence-electron chi connectivity index (χ1n) is 8.99. The van der Waals surface area contributed by atoms with Gasteiger partial charge in [-0.1, -0.05) is 6.07 Å². The summed E-state index contributed by atoms with van der Waals surface area (Å²) in [4.78, 5) is 6.81. The lowest BCUT2D eigenvalue weighted by atomic mass is 10.0.